The van der Waals surface area contributed by atoms with Crippen molar-refractivity contribution < 1.29 is 4.74 Å². The highest BCUT2D eigenvalue weighted by Gasteiger charge is 2.20. The van der Waals surface area contributed by atoms with Crippen LogP contribution < -0.4 is 4.90 Å². The van der Waals surface area contributed by atoms with Crippen LogP contribution in [0.4, 0.5) is 5.69 Å². The first-order valence-corrected chi connectivity index (χ1v) is 7.29. The van der Waals surface area contributed by atoms with Crippen molar-refractivity contribution in [1.82, 2.24) is 0 Å². The third-order valence-corrected chi connectivity index (χ3v) is 4.38. The van der Waals surface area contributed by atoms with Gasteiger partial charge in [0.25, 0.3) is 0 Å². The van der Waals surface area contributed by atoms with Crippen LogP contribution in [0.1, 0.15) is 12.0 Å². The molecular weight excluding hydrogens is 334 g/mol. The number of halogens is 2. The number of benzene rings is 1. The van der Waals surface area contributed by atoms with E-state index in [4.69, 9.17) is 4.74 Å². The van der Waals surface area contributed by atoms with Crippen molar-refractivity contribution >= 4 is 37.5 Å². The molecule has 0 amide bonds. The predicted molar refractivity (Wildman–Crippen MR) is 74.4 cm³/mol. The fourth-order valence-electron chi connectivity index (χ4n) is 1.90. The molecule has 1 aliphatic heterocycles. The fraction of sp³-hybridized carbons (Fsp3) is 0.500. The van der Waals surface area contributed by atoms with Crippen LogP contribution in [0, 0.1) is 0 Å². The molecular formula is C12H15Br2NO. The average Bonchev–Trinajstić information content (AvgIpc) is 2.81. The molecule has 4 heteroatoms. The lowest BCUT2D eigenvalue weighted by atomic mass is 10.1. The van der Waals surface area contributed by atoms with Crippen LogP contribution in [0.5, 0.6) is 0 Å². The van der Waals surface area contributed by atoms with E-state index in [9.17, 15) is 0 Å². The number of rotatable bonds is 3. The number of alkyl halides is 1. The Balaban J connectivity index is 2.16. The van der Waals surface area contributed by atoms with E-state index >= 15 is 0 Å². The van der Waals surface area contributed by atoms with Crippen molar-refractivity contribution in [2.45, 2.75) is 17.8 Å². The van der Waals surface area contributed by atoms with E-state index in [2.05, 4.69) is 62.0 Å². The van der Waals surface area contributed by atoms with Crippen LogP contribution in [0.15, 0.2) is 22.7 Å². The van der Waals surface area contributed by atoms with Crippen molar-refractivity contribution in [3.63, 3.8) is 0 Å². The lowest BCUT2D eigenvalue weighted by Crippen LogP contribution is -2.31. The van der Waals surface area contributed by atoms with Crippen LogP contribution in [-0.2, 0) is 10.1 Å². The van der Waals surface area contributed by atoms with Crippen molar-refractivity contribution in [2.24, 2.45) is 0 Å². The molecule has 1 saturated heterocycles. The normalized spacial score (nSPS) is 20.1. The summed E-state index contributed by atoms with van der Waals surface area (Å²) in [4.78, 5) is 2.30. The van der Waals surface area contributed by atoms with Crippen LogP contribution >= 0.6 is 31.9 Å². The number of likely N-dealkylation sites (N-methyl/N-ethyl adjacent to an activating group) is 1. The first-order chi connectivity index (χ1) is 7.72. The summed E-state index contributed by atoms with van der Waals surface area (Å²) in [6, 6.07) is 7.01. The number of ether oxygens (including phenoxy) is 1. The first-order valence-electron chi connectivity index (χ1n) is 5.37. The Kier molecular flexibility index (Phi) is 4.27. The standard InChI is InChI=1S/C12H15Br2NO/c1-15(11-4-5-16-8-11)10-3-2-9(7-13)12(14)6-10/h2-3,6,11H,4-5,7-8H2,1H3. The maximum atomic E-state index is 5.41. The van der Waals surface area contributed by atoms with Gasteiger partial charge in [0.15, 0.2) is 0 Å². The van der Waals surface area contributed by atoms with Crippen LogP contribution in [0.25, 0.3) is 0 Å². The van der Waals surface area contributed by atoms with Crippen LogP contribution in [-0.4, -0.2) is 26.3 Å². The van der Waals surface area contributed by atoms with Crippen LogP contribution in [0.2, 0.25) is 0 Å². The van der Waals surface area contributed by atoms with Crippen molar-refractivity contribution in [1.29, 1.82) is 0 Å². The van der Waals surface area contributed by atoms with Gasteiger partial charge in [0.2, 0.25) is 0 Å². The molecule has 2 nitrogen and oxygen atoms in total. The highest BCUT2D eigenvalue weighted by molar-refractivity contribution is 9.10. The molecule has 0 saturated carbocycles. The molecule has 16 heavy (non-hydrogen) atoms. The van der Waals surface area contributed by atoms with Gasteiger partial charge in [-0.25, -0.2) is 0 Å². The topological polar surface area (TPSA) is 12.5 Å². The maximum Gasteiger partial charge on any atom is 0.0670 e. The molecule has 1 fully saturated rings. The van der Waals surface area contributed by atoms with E-state index in [0.29, 0.717) is 6.04 Å². The fourth-order valence-corrected chi connectivity index (χ4v) is 3.27. The van der Waals surface area contributed by atoms with Gasteiger partial charge in [0.1, 0.15) is 0 Å². The molecule has 0 aromatic heterocycles. The summed E-state index contributed by atoms with van der Waals surface area (Å²) < 4.78 is 6.57. The highest BCUT2D eigenvalue weighted by atomic mass is 79.9. The zero-order valence-corrected chi connectivity index (χ0v) is 12.4. The van der Waals surface area contributed by atoms with E-state index in [1.165, 1.54) is 11.3 Å². The van der Waals surface area contributed by atoms with Crippen molar-refractivity contribution in [3.05, 3.63) is 28.2 Å². The number of anilines is 1. The quantitative estimate of drug-likeness (QED) is 0.774. The molecule has 1 unspecified atom stereocenters. The largest absolute Gasteiger partial charge is 0.379 e. The minimum Gasteiger partial charge on any atom is -0.379 e. The maximum absolute atomic E-state index is 5.41. The van der Waals surface area contributed by atoms with Gasteiger partial charge < -0.3 is 9.64 Å². The van der Waals surface area contributed by atoms with E-state index < -0.39 is 0 Å². The summed E-state index contributed by atoms with van der Waals surface area (Å²) in [5.74, 6) is 0. The zero-order chi connectivity index (χ0) is 11.5. The van der Waals surface area contributed by atoms with Gasteiger partial charge in [-0.3, -0.25) is 0 Å². The minimum atomic E-state index is 0.515. The van der Waals surface area contributed by atoms with Gasteiger partial charge in [0, 0.05) is 29.1 Å². The van der Waals surface area contributed by atoms with Crippen molar-refractivity contribution in [3.8, 4) is 0 Å². The predicted octanol–water partition coefficient (Wildman–Crippen LogP) is 3.57. The number of hydrogen-bond donors (Lipinski definition) is 0. The Morgan fingerprint density at radius 3 is 2.88 bits per heavy atom. The second-order valence-electron chi connectivity index (χ2n) is 4.04. The smallest absolute Gasteiger partial charge is 0.0670 e. The Morgan fingerprint density at radius 2 is 2.31 bits per heavy atom. The van der Waals surface area contributed by atoms with Gasteiger partial charge in [-0.2, -0.15) is 0 Å². The molecule has 0 spiro atoms. The van der Waals surface area contributed by atoms with E-state index in [-0.39, 0.29) is 0 Å². The third-order valence-electron chi connectivity index (χ3n) is 3.04. The van der Waals surface area contributed by atoms with E-state index in [1.807, 2.05) is 0 Å². The summed E-state index contributed by atoms with van der Waals surface area (Å²) in [5.41, 5.74) is 2.52. The summed E-state index contributed by atoms with van der Waals surface area (Å²) in [6.45, 7) is 1.73. The van der Waals surface area contributed by atoms with Gasteiger partial charge in [-0.05, 0) is 24.1 Å². The Bertz CT molecular complexity index is 364. The zero-order valence-electron chi connectivity index (χ0n) is 9.25. The van der Waals surface area contributed by atoms with Gasteiger partial charge in [-0.1, -0.05) is 37.9 Å². The lowest BCUT2D eigenvalue weighted by molar-refractivity contribution is 0.193. The Morgan fingerprint density at radius 1 is 1.50 bits per heavy atom. The summed E-state index contributed by atoms with van der Waals surface area (Å²) in [7, 11) is 2.13. The molecule has 88 valence electrons. The van der Waals surface area contributed by atoms with Gasteiger partial charge >= 0.3 is 0 Å². The summed E-state index contributed by atoms with van der Waals surface area (Å²) in [5, 5.41) is 0.879. The highest BCUT2D eigenvalue weighted by Crippen LogP contribution is 2.27. The lowest BCUT2D eigenvalue weighted by Gasteiger charge is -2.25. The molecule has 0 aliphatic carbocycles. The molecule has 0 radical (unpaired) electrons. The monoisotopic (exact) mass is 347 g/mol. The molecule has 1 aliphatic rings. The SMILES string of the molecule is CN(c1ccc(CBr)c(Br)c1)C1CCOC1. The van der Waals surface area contributed by atoms with Crippen LogP contribution in [0.3, 0.4) is 0 Å². The molecule has 1 heterocycles. The van der Waals surface area contributed by atoms with E-state index in [0.717, 1.165) is 29.4 Å². The number of hydrogen-bond acceptors (Lipinski definition) is 2. The third kappa shape index (κ3) is 2.60. The Labute approximate surface area is 113 Å². The average molecular weight is 349 g/mol. The van der Waals surface area contributed by atoms with Crippen molar-refractivity contribution in [2.75, 3.05) is 25.2 Å². The molecule has 1 atom stereocenters. The Hall–Kier alpha value is -0.0600. The first kappa shape index (κ1) is 12.4. The second-order valence-corrected chi connectivity index (χ2v) is 5.45. The van der Waals surface area contributed by atoms with Gasteiger partial charge in [0.05, 0.1) is 12.6 Å². The molecule has 0 N–H and O–H groups in total. The van der Waals surface area contributed by atoms with Gasteiger partial charge in [-0.15, -0.1) is 0 Å². The van der Waals surface area contributed by atoms with E-state index in [1.54, 1.807) is 0 Å². The second kappa shape index (κ2) is 5.52. The number of nitrogens with zero attached hydrogens (tertiary/aromatic N) is 1. The molecule has 1 aromatic rings. The summed E-state index contributed by atoms with van der Waals surface area (Å²) >= 11 is 7.07. The molecule has 0 bridgehead atoms. The summed E-state index contributed by atoms with van der Waals surface area (Å²) in [6.07, 6.45) is 1.12. The molecule has 2 rings (SSSR count). The molecule has 1 aromatic carbocycles. The minimum absolute atomic E-state index is 0.515.